The van der Waals surface area contributed by atoms with Crippen molar-refractivity contribution in [1.82, 2.24) is 10.3 Å². The molecule has 0 amide bonds. The van der Waals surface area contributed by atoms with Crippen LogP contribution in [0.5, 0.6) is 28.7 Å². The van der Waals surface area contributed by atoms with Crippen LogP contribution in [0.25, 0.3) is 11.1 Å². The number of benzene rings is 3. The van der Waals surface area contributed by atoms with E-state index in [0.29, 0.717) is 36.4 Å². The monoisotopic (exact) mass is 693 g/mol. The number of hydrogen-bond donors (Lipinski definition) is 4. The van der Waals surface area contributed by atoms with Gasteiger partial charge in [0.2, 0.25) is 0 Å². The number of likely N-dealkylation sites (N-methyl/N-ethyl adjacent to an activating group) is 1. The van der Waals surface area contributed by atoms with Gasteiger partial charge in [-0.2, -0.15) is 0 Å². The molecule has 1 aliphatic heterocycles. The average molecular weight is 694 g/mol. The summed E-state index contributed by atoms with van der Waals surface area (Å²) in [6, 6.07) is 15.3. The Morgan fingerprint density at radius 1 is 1.14 bits per heavy atom. The van der Waals surface area contributed by atoms with Crippen LogP contribution in [0.2, 0.25) is 0 Å². The summed E-state index contributed by atoms with van der Waals surface area (Å²) in [5.74, 6) is 2.34. The van der Waals surface area contributed by atoms with E-state index in [1.165, 1.54) is 12.5 Å². The number of nitrogens with zero attached hydrogens (tertiary/aromatic N) is 1. The number of anilines is 1. The van der Waals surface area contributed by atoms with E-state index >= 15 is 0 Å². The summed E-state index contributed by atoms with van der Waals surface area (Å²) in [6.45, 7) is 4.66. The van der Waals surface area contributed by atoms with Gasteiger partial charge in [-0.05, 0) is 97.5 Å². The summed E-state index contributed by atoms with van der Waals surface area (Å²) in [7, 11) is 3.48. The number of methoxy groups -OCH3 is 1. The molecule has 268 valence electrons. The first-order chi connectivity index (χ1) is 24.6. The van der Waals surface area contributed by atoms with E-state index in [9.17, 15) is 15.0 Å². The lowest BCUT2D eigenvalue weighted by atomic mass is 9.65. The largest absolute Gasteiger partial charge is 0.508 e. The molecule has 0 radical (unpaired) electrons. The number of ether oxygens (including phenoxy) is 4. The topological polar surface area (TPSA) is 145 Å². The van der Waals surface area contributed by atoms with Gasteiger partial charge < -0.3 is 40.2 Å². The SMILES string of the molecule is CCc1cc(C[C@H]2CC[C@]3(Cc4cc(O)cc(OC)c4-c4ccc5c(c43)O[C@H](c3ccc(O)c(OCCNC)c3)[C@H]5COC(C)=O)C2)cnc1N. The van der Waals surface area contributed by atoms with Gasteiger partial charge in [-0.1, -0.05) is 31.2 Å². The molecule has 1 fully saturated rings. The minimum atomic E-state index is -0.497. The van der Waals surface area contributed by atoms with Crippen molar-refractivity contribution in [3.05, 3.63) is 88.1 Å². The Morgan fingerprint density at radius 2 is 1.98 bits per heavy atom. The maximum Gasteiger partial charge on any atom is 0.302 e. The molecule has 3 aromatic carbocycles. The number of aryl methyl sites for hydroxylation is 1. The van der Waals surface area contributed by atoms with Gasteiger partial charge in [-0.25, -0.2) is 4.98 Å². The molecular formula is C41H47N3O7. The van der Waals surface area contributed by atoms with E-state index in [-0.39, 0.29) is 35.4 Å². The van der Waals surface area contributed by atoms with Gasteiger partial charge in [-0.15, -0.1) is 0 Å². The van der Waals surface area contributed by atoms with Crippen molar-refractivity contribution < 1.29 is 34.0 Å². The highest BCUT2D eigenvalue weighted by Gasteiger charge is 2.50. The number of nitrogen functional groups attached to an aromatic ring is 1. The number of phenols is 2. The molecule has 10 heteroatoms. The Morgan fingerprint density at radius 3 is 2.75 bits per heavy atom. The molecule has 7 rings (SSSR count). The second kappa shape index (κ2) is 14.0. The molecule has 1 saturated carbocycles. The molecule has 10 nitrogen and oxygen atoms in total. The summed E-state index contributed by atoms with van der Waals surface area (Å²) < 4.78 is 24.6. The maximum atomic E-state index is 12.2. The molecule has 4 aromatic rings. The van der Waals surface area contributed by atoms with Crippen LogP contribution in [0, 0.1) is 5.92 Å². The predicted molar refractivity (Wildman–Crippen MR) is 195 cm³/mol. The molecule has 0 bridgehead atoms. The van der Waals surface area contributed by atoms with Crippen molar-refractivity contribution in [1.29, 1.82) is 0 Å². The van der Waals surface area contributed by atoms with Gasteiger partial charge in [0.15, 0.2) is 11.5 Å². The Bertz CT molecular complexity index is 1960. The Balaban J connectivity index is 1.34. The number of aromatic nitrogens is 1. The first kappa shape index (κ1) is 34.5. The molecular weight excluding hydrogens is 646 g/mol. The highest BCUT2D eigenvalue weighted by Crippen LogP contribution is 2.62. The number of carbonyl (C=O) groups excluding carboxylic acids is 1. The number of pyridine rings is 1. The number of hydrogen-bond acceptors (Lipinski definition) is 10. The zero-order chi connectivity index (χ0) is 35.9. The van der Waals surface area contributed by atoms with Crippen LogP contribution in [0.1, 0.15) is 78.5 Å². The fraction of sp³-hybridized carbons (Fsp3) is 0.415. The van der Waals surface area contributed by atoms with Gasteiger partial charge in [-0.3, -0.25) is 4.79 Å². The van der Waals surface area contributed by atoms with Crippen LogP contribution >= 0.6 is 0 Å². The van der Waals surface area contributed by atoms with E-state index in [1.807, 2.05) is 31.4 Å². The number of aromatic hydroxyl groups is 2. The molecule has 3 aliphatic rings. The van der Waals surface area contributed by atoms with E-state index < -0.39 is 6.10 Å². The summed E-state index contributed by atoms with van der Waals surface area (Å²) in [5.41, 5.74) is 14.1. The van der Waals surface area contributed by atoms with Crippen molar-refractivity contribution in [2.75, 3.05) is 39.6 Å². The van der Waals surface area contributed by atoms with Crippen LogP contribution in [-0.2, 0) is 34.2 Å². The minimum absolute atomic E-state index is 0.0459. The zero-order valence-corrected chi connectivity index (χ0v) is 29.8. The number of carbonyl (C=O) groups is 1. The average Bonchev–Trinajstić information content (AvgIpc) is 3.69. The quantitative estimate of drug-likeness (QED) is 0.101. The molecule has 5 N–H and O–H groups in total. The molecule has 0 saturated heterocycles. The lowest BCUT2D eigenvalue weighted by Crippen LogP contribution is -2.31. The number of esters is 1. The van der Waals surface area contributed by atoms with Gasteiger partial charge in [0.1, 0.15) is 42.4 Å². The first-order valence-electron chi connectivity index (χ1n) is 17.9. The highest BCUT2D eigenvalue weighted by molar-refractivity contribution is 5.84. The molecule has 2 heterocycles. The van der Waals surface area contributed by atoms with E-state index in [2.05, 4.69) is 35.4 Å². The van der Waals surface area contributed by atoms with Crippen molar-refractivity contribution in [2.24, 2.45) is 5.92 Å². The van der Waals surface area contributed by atoms with Gasteiger partial charge >= 0.3 is 5.97 Å². The number of nitrogens with one attached hydrogen (secondary N) is 1. The highest BCUT2D eigenvalue weighted by atomic mass is 16.5. The number of fused-ring (bicyclic) bond motifs is 6. The van der Waals surface area contributed by atoms with Crippen molar-refractivity contribution in [3.8, 4) is 39.9 Å². The van der Waals surface area contributed by atoms with Gasteiger partial charge in [0.25, 0.3) is 0 Å². The van der Waals surface area contributed by atoms with Crippen LogP contribution in [0.4, 0.5) is 5.82 Å². The predicted octanol–water partition coefficient (Wildman–Crippen LogP) is 6.53. The van der Waals surface area contributed by atoms with Crippen LogP contribution in [0.15, 0.2) is 54.7 Å². The van der Waals surface area contributed by atoms with Crippen LogP contribution < -0.4 is 25.3 Å². The second-order valence-electron chi connectivity index (χ2n) is 14.2. The third kappa shape index (κ3) is 6.42. The number of rotatable bonds is 11. The third-order valence-corrected chi connectivity index (χ3v) is 11.0. The summed E-state index contributed by atoms with van der Waals surface area (Å²) >= 11 is 0. The standard InChI is InChI=1S/C41H47N3O7/c1-5-26-15-25(21-44-40(26)42)14-24-10-11-41(19-24)20-28-16-29(46)18-35(48-4)36(28)31-8-7-30-32(22-50-23(2)45)38(51-39(30)37(31)41)27-6-9-33(47)34(17-27)49-13-12-43-3/h6-9,15-18,21,24,32,38,43,46-47H,5,10-14,19-20,22H2,1-4H3,(H2,42,44)/t24-,32+,38-,41-/m1/s1. The van der Waals surface area contributed by atoms with E-state index in [4.69, 9.17) is 24.7 Å². The lowest BCUT2D eigenvalue weighted by molar-refractivity contribution is -0.141. The Labute approximate surface area is 298 Å². The van der Waals surface area contributed by atoms with Crippen LogP contribution in [-0.4, -0.2) is 55.1 Å². The maximum absolute atomic E-state index is 12.2. The molecule has 2 aliphatic carbocycles. The van der Waals surface area contributed by atoms with Crippen molar-refractivity contribution >= 4 is 11.8 Å². The normalized spacial score (nSPS) is 21.5. The van der Waals surface area contributed by atoms with E-state index in [0.717, 1.165) is 83.2 Å². The fourth-order valence-electron chi connectivity index (χ4n) is 8.71. The summed E-state index contributed by atoms with van der Waals surface area (Å²) in [6.07, 6.45) is 6.74. The number of nitrogens with two attached hydrogens (primary N) is 1. The molecule has 51 heavy (non-hydrogen) atoms. The zero-order valence-electron chi connectivity index (χ0n) is 29.8. The molecule has 4 atom stereocenters. The van der Waals surface area contributed by atoms with Gasteiger partial charge in [0, 0.05) is 47.8 Å². The molecule has 0 unspecified atom stereocenters. The summed E-state index contributed by atoms with van der Waals surface area (Å²) in [5, 5.41) is 24.5. The van der Waals surface area contributed by atoms with Crippen LogP contribution in [0.3, 0.4) is 0 Å². The Kier molecular flexibility index (Phi) is 9.46. The minimum Gasteiger partial charge on any atom is -0.508 e. The third-order valence-electron chi connectivity index (χ3n) is 11.0. The van der Waals surface area contributed by atoms with Crippen molar-refractivity contribution in [2.45, 2.75) is 69.8 Å². The molecule has 1 spiro atoms. The first-order valence-corrected chi connectivity index (χ1v) is 17.9. The molecule has 1 aromatic heterocycles. The second-order valence-corrected chi connectivity index (χ2v) is 14.2. The number of phenolic OH excluding ortho intramolecular Hbond substituents is 2. The smallest absolute Gasteiger partial charge is 0.302 e. The van der Waals surface area contributed by atoms with Crippen molar-refractivity contribution in [3.63, 3.8) is 0 Å². The summed E-state index contributed by atoms with van der Waals surface area (Å²) in [4.78, 5) is 16.6. The van der Waals surface area contributed by atoms with E-state index in [1.54, 1.807) is 19.2 Å². The fourth-order valence-corrected chi connectivity index (χ4v) is 8.71. The lowest BCUT2D eigenvalue weighted by Gasteiger charge is -2.39. The Hall–Kier alpha value is -4.96. The van der Waals surface area contributed by atoms with Gasteiger partial charge in [0.05, 0.1) is 13.0 Å².